The fraction of sp³-hybridized carbons (Fsp3) is 0.727. The maximum absolute atomic E-state index is 13.2. The van der Waals surface area contributed by atoms with Crippen LogP contribution in [0.2, 0.25) is 0 Å². The van der Waals surface area contributed by atoms with Gasteiger partial charge in [0.15, 0.2) is 5.96 Å². The molecule has 0 bridgehead atoms. The number of aliphatic carboxylic acids is 1. The zero-order valence-electron chi connectivity index (χ0n) is 21.8. The smallest absolute Gasteiger partial charge is 0.326 e. The predicted molar refractivity (Wildman–Crippen MR) is 146 cm³/mol. The number of unbranched alkanes of at least 4 members (excludes halogenated alkanes) is 1. The van der Waals surface area contributed by atoms with Gasteiger partial charge >= 0.3 is 5.97 Å². The summed E-state index contributed by atoms with van der Waals surface area (Å²) < 4.78 is 0. The van der Waals surface area contributed by atoms with E-state index in [2.05, 4.69) is 20.9 Å². The summed E-state index contributed by atoms with van der Waals surface area (Å²) in [5, 5.41) is 17.0. The Balaban J connectivity index is 5.64. The fourth-order valence-corrected chi connectivity index (χ4v) is 3.77. The molecule has 15 nitrogen and oxygen atoms in total. The van der Waals surface area contributed by atoms with Crippen LogP contribution in [0.15, 0.2) is 4.99 Å². The molecule has 0 aliphatic rings. The van der Waals surface area contributed by atoms with Crippen molar-refractivity contribution in [2.75, 3.05) is 25.1 Å². The molecule has 0 spiro atoms. The van der Waals surface area contributed by atoms with Gasteiger partial charge in [0, 0.05) is 13.0 Å². The van der Waals surface area contributed by atoms with Gasteiger partial charge in [-0.1, -0.05) is 0 Å². The van der Waals surface area contributed by atoms with Crippen LogP contribution in [-0.4, -0.2) is 89.9 Å². The molecule has 0 aromatic rings. The highest BCUT2D eigenvalue weighted by molar-refractivity contribution is 7.98. The Labute approximate surface area is 226 Å². The van der Waals surface area contributed by atoms with Gasteiger partial charge in [0.05, 0.1) is 6.04 Å². The largest absolute Gasteiger partial charge is 0.480 e. The Morgan fingerprint density at radius 1 is 0.816 bits per heavy atom. The quantitative estimate of drug-likeness (QED) is 0.0388. The zero-order valence-corrected chi connectivity index (χ0v) is 22.6. The van der Waals surface area contributed by atoms with Gasteiger partial charge < -0.3 is 49.7 Å². The van der Waals surface area contributed by atoms with E-state index in [-0.39, 0.29) is 44.6 Å². The highest BCUT2D eigenvalue weighted by Crippen LogP contribution is 2.07. The average Bonchev–Trinajstić information content (AvgIpc) is 2.85. The molecule has 0 aliphatic heterocycles. The van der Waals surface area contributed by atoms with Gasteiger partial charge in [0.25, 0.3) is 0 Å². The summed E-state index contributed by atoms with van der Waals surface area (Å²) in [6, 6.07) is -4.38. The first-order valence-electron chi connectivity index (χ1n) is 12.3. The van der Waals surface area contributed by atoms with E-state index in [0.717, 1.165) is 0 Å². The lowest BCUT2D eigenvalue weighted by Crippen LogP contribution is -2.57. The van der Waals surface area contributed by atoms with E-state index in [4.69, 9.17) is 28.7 Å². The average molecular weight is 562 g/mol. The number of nitrogens with one attached hydrogen (secondary N) is 3. The lowest BCUT2D eigenvalue weighted by Gasteiger charge is -2.25. The van der Waals surface area contributed by atoms with Crippen LogP contribution in [-0.2, 0) is 24.0 Å². The lowest BCUT2D eigenvalue weighted by atomic mass is 10.0. The first kappa shape index (κ1) is 34.9. The summed E-state index contributed by atoms with van der Waals surface area (Å²) in [6.07, 6.45) is 3.55. The van der Waals surface area contributed by atoms with Crippen molar-refractivity contribution in [2.45, 2.75) is 75.5 Å². The minimum atomic E-state index is -1.40. The molecule has 0 heterocycles. The molecule has 38 heavy (non-hydrogen) atoms. The van der Waals surface area contributed by atoms with E-state index in [9.17, 15) is 29.1 Å². The summed E-state index contributed by atoms with van der Waals surface area (Å²) in [5.41, 5.74) is 27.2. The summed E-state index contributed by atoms with van der Waals surface area (Å²) in [5.74, 6) is -3.50. The Morgan fingerprint density at radius 2 is 1.37 bits per heavy atom. The van der Waals surface area contributed by atoms with Crippen molar-refractivity contribution in [3.8, 4) is 0 Å². The van der Waals surface area contributed by atoms with Crippen LogP contribution in [0.3, 0.4) is 0 Å². The second-order valence-corrected chi connectivity index (χ2v) is 9.63. The van der Waals surface area contributed by atoms with E-state index in [1.54, 1.807) is 0 Å². The van der Waals surface area contributed by atoms with Crippen LogP contribution in [0.5, 0.6) is 0 Å². The molecule has 14 N–H and O–H groups in total. The van der Waals surface area contributed by atoms with Crippen molar-refractivity contribution in [1.29, 1.82) is 0 Å². The second kappa shape index (κ2) is 19.9. The molecule has 16 heteroatoms. The molecule has 0 rings (SSSR count). The van der Waals surface area contributed by atoms with Gasteiger partial charge in [-0.3, -0.25) is 24.2 Å². The van der Waals surface area contributed by atoms with Crippen molar-refractivity contribution in [1.82, 2.24) is 16.0 Å². The van der Waals surface area contributed by atoms with Crippen molar-refractivity contribution >= 4 is 47.3 Å². The number of nitrogens with two attached hydrogens (primary N) is 5. The first-order valence-corrected chi connectivity index (χ1v) is 13.7. The van der Waals surface area contributed by atoms with E-state index in [1.165, 1.54) is 11.8 Å². The summed E-state index contributed by atoms with van der Waals surface area (Å²) in [6.45, 7) is 0.556. The van der Waals surface area contributed by atoms with Gasteiger partial charge in [0.1, 0.15) is 18.1 Å². The van der Waals surface area contributed by atoms with Gasteiger partial charge in [0.2, 0.25) is 23.6 Å². The molecule has 4 amide bonds. The Morgan fingerprint density at radius 3 is 1.87 bits per heavy atom. The number of aliphatic imine (C=N–C) groups is 1. The Bertz CT molecular complexity index is 810. The van der Waals surface area contributed by atoms with Gasteiger partial charge in [-0.05, 0) is 63.5 Å². The number of amides is 4. The van der Waals surface area contributed by atoms with E-state index < -0.39 is 53.8 Å². The van der Waals surface area contributed by atoms with Crippen LogP contribution in [0, 0.1) is 0 Å². The molecular weight excluding hydrogens is 518 g/mol. The van der Waals surface area contributed by atoms with E-state index >= 15 is 0 Å². The van der Waals surface area contributed by atoms with Gasteiger partial charge in [-0.2, -0.15) is 11.8 Å². The zero-order chi connectivity index (χ0) is 29.1. The Hall–Kier alpha value is -3.11. The molecule has 0 aromatic heterocycles. The van der Waals surface area contributed by atoms with Crippen molar-refractivity contribution in [3.05, 3.63) is 0 Å². The number of hydrogen-bond acceptors (Lipinski definition) is 9. The van der Waals surface area contributed by atoms with Crippen molar-refractivity contribution < 1.29 is 29.1 Å². The number of carbonyl (C=O) groups is 5. The van der Waals surface area contributed by atoms with Gasteiger partial charge in [-0.25, -0.2) is 4.79 Å². The number of carbonyl (C=O) groups excluding carboxylic acids is 4. The molecule has 0 saturated carbocycles. The minimum Gasteiger partial charge on any atom is -0.480 e. The number of nitrogens with zero attached hydrogens (tertiary/aromatic N) is 1. The van der Waals surface area contributed by atoms with Crippen molar-refractivity contribution in [2.24, 2.45) is 33.7 Å². The molecule has 0 aromatic carbocycles. The summed E-state index contributed by atoms with van der Waals surface area (Å²) in [7, 11) is 0. The molecule has 0 saturated heterocycles. The minimum absolute atomic E-state index is 0.0627. The standard InChI is InChI=1S/C22H43N9O6S/c1-38-12-9-13(24)18(33)29-14(5-2-3-10-23)19(34)30-15(6-4-11-28-22(26)27)20(35)31-16(21(36)37)7-8-17(25)32/h13-16H,2-12,23-24H2,1H3,(H2,25,32)(H,29,33)(H,30,34)(H,31,35)(H,36,37)(H4,26,27,28). The highest BCUT2D eigenvalue weighted by atomic mass is 32.2. The SMILES string of the molecule is CSCCC(N)C(=O)NC(CCCCN)C(=O)NC(CCCN=C(N)N)C(=O)NC(CCC(N)=O)C(=O)O. The van der Waals surface area contributed by atoms with Gasteiger partial charge in [-0.15, -0.1) is 0 Å². The number of carboxylic acids is 1. The second-order valence-electron chi connectivity index (χ2n) is 8.65. The van der Waals surface area contributed by atoms with Crippen LogP contribution >= 0.6 is 11.8 Å². The predicted octanol–water partition coefficient (Wildman–Crippen LogP) is -2.95. The van der Waals surface area contributed by atoms with E-state index in [0.29, 0.717) is 31.6 Å². The molecular formula is C22H43N9O6S. The van der Waals surface area contributed by atoms with Crippen LogP contribution < -0.4 is 44.6 Å². The number of guanidine groups is 1. The number of thioether (sulfide) groups is 1. The Kier molecular flexibility index (Phi) is 18.3. The highest BCUT2D eigenvalue weighted by Gasteiger charge is 2.30. The van der Waals surface area contributed by atoms with Crippen LogP contribution in [0.1, 0.15) is 51.4 Å². The molecule has 4 unspecified atom stereocenters. The number of primary amides is 1. The summed E-state index contributed by atoms with van der Waals surface area (Å²) >= 11 is 1.53. The topological polar surface area (TPSA) is 284 Å². The van der Waals surface area contributed by atoms with Crippen LogP contribution in [0.4, 0.5) is 0 Å². The third-order valence-electron chi connectivity index (χ3n) is 5.42. The van der Waals surface area contributed by atoms with E-state index in [1.807, 2.05) is 6.26 Å². The number of rotatable bonds is 21. The first-order chi connectivity index (χ1) is 17.9. The maximum atomic E-state index is 13.2. The molecule has 218 valence electrons. The van der Waals surface area contributed by atoms with Crippen molar-refractivity contribution in [3.63, 3.8) is 0 Å². The number of carboxylic acid groups (broad SMARTS) is 1. The lowest BCUT2D eigenvalue weighted by molar-refractivity contribution is -0.142. The normalized spacial score (nSPS) is 13.9. The van der Waals surface area contributed by atoms with Crippen LogP contribution in [0.25, 0.3) is 0 Å². The number of hydrogen-bond donors (Lipinski definition) is 9. The monoisotopic (exact) mass is 561 g/mol. The third-order valence-corrected chi connectivity index (χ3v) is 6.07. The molecule has 0 aliphatic carbocycles. The molecule has 4 atom stereocenters. The summed E-state index contributed by atoms with van der Waals surface area (Å²) in [4.78, 5) is 65.2. The maximum Gasteiger partial charge on any atom is 0.326 e. The molecule has 0 radical (unpaired) electrons. The fourth-order valence-electron chi connectivity index (χ4n) is 3.28. The molecule has 0 fully saturated rings. The third kappa shape index (κ3) is 15.9.